The van der Waals surface area contributed by atoms with Gasteiger partial charge in [-0.2, -0.15) is 0 Å². The molecule has 0 spiro atoms. The summed E-state index contributed by atoms with van der Waals surface area (Å²) >= 11 is 1.44. The highest BCUT2D eigenvalue weighted by atomic mass is 32.1. The number of anilines is 1. The van der Waals surface area contributed by atoms with Gasteiger partial charge in [-0.1, -0.05) is 19.3 Å². The molecular weight excluding hydrogens is 595 g/mol. The maximum absolute atomic E-state index is 15.5. The van der Waals surface area contributed by atoms with Crippen LogP contribution in [-0.4, -0.2) is 96.9 Å². The summed E-state index contributed by atoms with van der Waals surface area (Å²) in [6.45, 7) is 3.00. The first kappa shape index (κ1) is 30.9. The SMILES string of the molecule is CN1CCN(c2nc(-c3ccc(C(=O)NC(C=O)(C4CCCCC4)N4CC(C(F)=CF)C5OCC(=O)C54)cc3F)cs2)CC1. The molecule has 0 bridgehead atoms. The lowest BCUT2D eigenvalue weighted by Crippen LogP contribution is -2.68. The van der Waals surface area contributed by atoms with E-state index in [0.717, 1.165) is 56.6 Å². The summed E-state index contributed by atoms with van der Waals surface area (Å²) in [4.78, 5) is 50.4. The van der Waals surface area contributed by atoms with Gasteiger partial charge >= 0.3 is 0 Å². The third-order valence-corrected chi connectivity index (χ3v) is 10.5. The smallest absolute Gasteiger partial charge is 0.253 e. The molecule has 9 nitrogen and oxygen atoms in total. The predicted octanol–water partition coefficient (Wildman–Crippen LogP) is 3.96. The molecule has 6 rings (SSSR count). The maximum atomic E-state index is 15.5. The normalized spacial score (nSPS) is 26.9. The van der Waals surface area contributed by atoms with Crippen LogP contribution in [0, 0.1) is 17.7 Å². The second-order valence-corrected chi connectivity index (χ2v) is 13.0. The Morgan fingerprint density at radius 2 is 1.93 bits per heavy atom. The van der Waals surface area contributed by atoms with E-state index in [1.807, 2.05) is 0 Å². The van der Waals surface area contributed by atoms with E-state index in [1.54, 1.807) is 5.38 Å². The summed E-state index contributed by atoms with van der Waals surface area (Å²) in [6, 6.07) is 3.05. The highest BCUT2D eigenvalue weighted by molar-refractivity contribution is 7.14. The molecule has 4 fully saturated rings. The third kappa shape index (κ3) is 5.59. The topological polar surface area (TPSA) is 95.1 Å². The van der Waals surface area contributed by atoms with Crippen LogP contribution in [0.1, 0.15) is 42.5 Å². The molecule has 3 aliphatic heterocycles. The molecule has 1 aromatic heterocycles. The average molecular weight is 632 g/mol. The number of Topliss-reactive ketones (excluding diaryl/α,β-unsaturated/α-hetero) is 1. The summed E-state index contributed by atoms with van der Waals surface area (Å²) in [6.07, 6.45) is 3.19. The largest absolute Gasteiger partial charge is 0.367 e. The molecular formula is C31H36F3N5O4S. The summed E-state index contributed by atoms with van der Waals surface area (Å²) < 4.78 is 49.0. The number of hydrogen-bond acceptors (Lipinski definition) is 9. The quantitative estimate of drug-likeness (QED) is 0.438. The van der Waals surface area contributed by atoms with Crippen molar-refractivity contribution in [2.75, 3.05) is 51.3 Å². The van der Waals surface area contributed by atoms with Gasteiger partial charge in [0, 0.05) is 55.1 Å². The van der Waals surface area contributed by atoms with Crippen LogP contribution in [0.4, 0.5) is 18.3 Å². The number of benzene rings is 1. The van der Waals surface area contributed by atoms with Gasteiger partial charge in [0.1, 0.15) is 30.6 Å². The monoisotopic (exact) mass is 631 g/mol. The van der Waals surface area contributed by atoms with Gasteiger partial charge in [0.15, 0.2) is 22.9 Å². The number of rotatable bonds is 8. The summed E-state index contributed by atoms with van der Waals surface area (Å²) in [5.41, 5.74) is -0.996. The second kappa shape index (κ2) is 12.7. The molecule has 4 heterocycles. The van der Waals surface area contributed by atoms with Gasteiger partial charge in [-0.25, -0.2) is 18.2 Å². The fourth-order valence-corrected chi connectivity index (χ4v) is 8.03. The van der Waals surface area contributed by atoms with E-state index in [9.17, 15) is 23.2 Å². The molecule has 1 amide bonds. The van der Waals surface area contributed by atoms with Gasteiger partial charge in [0.2, 0.25) is 0 Å². The average Bonchev–Trinajstić information content (AvgIpc) is 3.78. The van der Waals surface area contributed by atoms with E-state index in [1.165, 1.54) is 28.4 Å². The van der Waals surface area contributed by atoms with Gasteiger partial charge in [-0.15, -0.1) is 11.3 Å². The number of halogens is 3. The zero-order valence-electron chi connectivity index (χ0n) is 24.5. The molecule has 2 aromatic rings. The van der Waals surface area contributed by atoms with Gasteiger partial charge in [-0.05, 0) is 38.1 Å². The molecule has 44 heavy (non-hydrogen) atoms. The maximum Gasteiger partial charge on any atom is 0.253 e. The van der Waals surface area contributed by atoms with Crippen molar-refractivity contribution in [3.05, 3.63) is 47.1 Å². The van der Waals surface area contributed by atoms with Crippen molar-refractivity contribution >= 4 is 34.4 Å². The van der Waals surface area contributed by atoms with Crippen molar-refractivity contribution in [1.82, 2.24) is 20.1 Å². The Bertz CT molecular complexity index is 1440. The number of carbonyl (C=O) groups is 3. The van der Waals surface area contributed by atoms with Gasteiger partial charge in [0.25, 0.3) is 5.91 Å². The lowest BCUT2D eigenvalue weighted by Gasteiger charge is -2.47. The van der Waals surface area contributed by atoms with Crippen LogP contribution in [0.3, 0.4) is 0 Å². The number of likely N-dealkylation sites (N-methyl/N-ethyl adjacent to an activating group) is 1. The Morgan fingerprint density at radius 3 is 2.61 bits per heavy atom. The number of thiazole rings is 1. The first-order valence-corrected chi connectivity index (χ1v) is 16.0. The van der Waals surface area contributed by atoms with E-state index in [2.05, 4.69) is 27.1 Å². The van der Waals surface area contributed by atoms with Gasteiger partial charge in [0.05, 0.1) is 17.7 Å². The first-order chi connectivity index (χ1) is 21.3. The second-order valence-electron chi connectivity index (χ2n) is 12.2. The Kier molecular flexibility index (Phi) is 8.91. The Labute approximate surface area is 258 Å². The molecule has 4 unspecified atom stereocenters. The molecule has 1 N–H and O–H groups in total. The number of hydrogen-bond donors (Lipinski definition) is 1. The number of ether oxygens (including phenoxy) is 1. The van der Waals surface area contributed by atoms with E-state index < -0.39 is 47.2 Å². The summed E-state index contributed by atoms with van der Waals surface area (Å²) in [5, 5.41) is 5.44. The Balaban J connectivity index is 1.28. The zero-order valence-corrected chi connectivity index (χ0v) is 25.3. The van der Waals surface area contributed by atoms with Crippen LogP contribution in [0.15, 0.2) is 35.7 Å². The number of ketones is 1. The van der Waals surface area contributed by atoms with Gasteiger partial charge in [-0.3, -0.25) is 19.3 Å². The lowest BCUT2D eigenvalue weighted by atomic mass is 9.78. The van der Waals surface area contributed by atoms with E-state index in [-0.39, 0.29) is 36.4 Å². The van der Waals surface area contributed by atoms with E-state index in [0.29, 0.717) is 24.8 Å². The molecule has 3 saturated heterocycles. The molecule has 0 radical (unpaired) electrons. The van der Waals surface area contributed by atoms with Crippen molar-refractivity contribution in [2.45, 2.75) is 49.9 Å². The van der Waals surface area contributed by atoms with Crippen molar-refractivity contribution in [1.29, 1.82) is 0 Å². The Hall–Kier alpha value is -3.13. The number of nitrogens with zero attached hydrogens (tertiary/aromatic N) is 4. The molecule has 4 atom stereocenters. The van der Waals surface area contributed by atoms with Crippen molar-refractivity contribution in [3.63, 3.8) is 0 Å². The van der Waals surface area contributed by atoms with Crippen LogP contribution in [0.25, 0.3) is 11.3 Å². The number of piperazine rings is 1. The molecule has 1 saturated carbocycles. The van der Waals surface area contributed by atoms with E-state index in [4.69, 9.17) is 4.74 Å². The minimum atomic E-state index is -1.70. The fraction of sp³-hybridized carbons (Fsp3) is 0.548. The highest BCUT2D eigenvalue weighted by Crippen LogP contribution is 2.44. The number of likely N-dealkylation sites (tertiary alicyclic amines) is 1. The van der Waals surface area contributed by atoms with Crippen LogP contribution >= 0.6 is 11.3 Å². The third-order valence-electron chi connectivity index (χ3n) is 9.61. The van der Waals surface area contributed by atoms with Crippen LogP contribution in [-0.2, 0) is 14.3 Å². The van der Waals surface area contributed by atoms with Crippen LogP contribution < -0.4 is 10.2 Å². The molecule has 13 heteroatoms. The number of amides is 1. The summed E-state index contributed by atoms with van der Waals surface area (Å²) in [5.74, 6) is -4.30. The van der Waals surface area contributed by atoms with E-state index >= 15 is 4.39 Å². The summed E-state index contributed by atoms with van der Waals surface area (Å²) in [7, 11) is 2.07. The number of aldehydes is 1. The van der Waals surface area contributed by atoms with Crippen LogP contribution in [0.2, 0.25) is 0 Å². The molecule has 4 aliphatic rings. The van der Waals surface area contributed by atoms with Crippen LogP contribution in [0.5, 0.6) is 0 Å². The number of carbonyl (C=O) groups excluding carboxylic acids is 3. The standard InChI is InChI=1S/C31H36F3N5O4S/c1-37-9-11-38(12-10-37)30-35-25(17-44-30)21-8-7-19(13-23(21)33)29(42)36-31(18-40,20-5-3-2-4-6-20)39-15-22(24(34)14-32)28-27(39)26(41)16-43-28/h7-8,13-14,17-18,20,22,27-28H,2-6,9-12,15-16H2,1H3,(H,36,42). The molecule has 1 aromatic carbocycles. The zero-order chi connectivity index (χ0) is 31.0. The molecule has 236 valence electrons. The number of fused-ring (bicyclic) bond motifs is 1. The molecule has 1 aliphatic carbocycles. The van der Waals surface area contributed by atoms with Gasteiger partial charge < -0.3 is 19.9 Å². The highest BCUT2D eigenvalue weighted by Gasteiger charge is 2.60. The van der Waals surface area contributed by atoms with Crippen molar-refractivity contribution in [2.24, 2.45) is 11.8 Å². The predicted molar refractivity (Wildman–Crippen MR) is 159 cm³/mol. The number of nitrogens with one attached hydrogen (secondary N) is 1. The minimum Gasteiger partial charge on any atom is -0.367 e. The fourth-order valence-electron chi connectivity index (χ4n) is 7.15. The minimum absolute atomic E-state index is 0.0149. The van der Waals surface area contributed by atoms with Crippen molar-refractivity contribution in [3.8, 4) is 11.3 Å². The lowest BCUT2D eigenvalue weighted by molar-refractivity contribution is -0.133. The first-order valence-electron chi connectivity index (χ1n) is 15.1. The Morgan fingerprint density at radius 1 is 1.18 bits per heavy atom. The van der Waals surface area contributed by atoms with Crippen molar-refractivity contribution < 1.29 is 32.3 Å². The number of aromatic nitrogens is 1.